The Labute approximate surface area is 151 Å². The second-order valence-electron chi connectivity index (χ2n) is 6.31. The number of nitrogens with zero attached hydrogens (tertiary/aromatic N) is 5. The van der Waals surface area contributed by atoms with Crippen LogP contribution in [0.2, 0.25) is 0 Å². The Balaban J connectivity index is 1.27. The molecule has 7 heteroatoms. The van der Waals surface area contributed by atoms with E-state index in [0.29, 0.717) is 19.6 Å². The van der Waals surface area contributed by atoms with Gasteiger partial charge < -0.3 is 10.2 Å². The number of rotatable bonds is 6. The van der Waals surface area contributed by atoms with E-state index in [4.69, 9.17) is 0 Å². The van der Waals surface area contributed by atoms with Crippen LogP contribution in [0.3, 0.4) is 0 Å². The molecule has 4 rings (SSSR count). The van der Waals surface area contributed by atoms with Gasteiger partial charge >= 0.3 is 0 Å². The van der Waals surface area contributed by atoms with Gasteiger partial charge in [-0.15, -0.1) is 0 Å². The lowest BCUT2D eigenvalue weighted by Crippen LogP contribution is -2.54. The van der Waals surface area contributed by atoms with Crippen molar-refractivity contribution < 1.29 is 4.79 Å². The second-order valence-corrected chi connectivity index (χ2v) is 6.31. The molecule has 0 aliphatic carbocycles. The molecule has 3 heterocycles. The SMILES string of the molecule is O=C(NCCc1ccccc1)C1CN(c2cc(-n3cccn3)ncn2)C1. The molecule has 3 aromatic rings. The first-order valence-electron chi connectivity index (χ1n) is 8.68. The minimum atomic E-state index is 0.00823. The zero-order valence-electron chi connectivity index (χ0n) is 14.3. The number of hydrogen-bond donors (Lipinski definition) is 1. The smallest absolute Gasteiger partial charge is 0.226 e. The highest BCUT2D eigenvalue weighted by Crippen LogP contribution is 2.23. The Kier molecular flexibility index (Phi) is 4.59. The van der Waals surface area contributed by atoms with Gasteiger partial charge in [0.05, 0.1) is 5.92 Å². The zero-order valence-corrected chi connectivity index (χ0v) is 14.3. The van der Waals surface area contributed by atoms with Crippen LogP contribution in [-0.4, -0.2) is 45.3 Å². The molecule has 1 aliphatic rings. The van der Waals surface area contributed by atoms with Gasteiger partial charge in [-0.1, -0.05) is 30.3 Å². The molecule has 1 aliphatic heterocycles. The van der Waals surface area contributed by atoms with Crippen molar-refractivity contribution in [3.63, 3.8) is 0 Å². The Morgan fingerprint density at radius 3 is 2.69 bits per heavy atom. The van der Waals surface area contributed by atoms with E-state index in [1.165, 1.54) is 11.9 Å². The van der Waals surface area contributed by atoms with E-state index in [2.05, 4.69) is 37.4 Å². The van der Waals surface area contributed by atoms with Gasteiger partial charge in [-0.2, -0.15) is 5.10 Å². The summed E-state index contributed by atoms with van der Waals surface area (Å²) >= 11 is 0. The van der Waals surface area contributed by atoms with Crippen LogP contribution < -0.4 is 10.2 Å². The van der Waals surface area contributed by atoms with Gasteiger partial charge in [-0.05, 0) is 18.1 Å². The van der Waals surface area contributed by atoms with Gasteiger partial charge in [0.15, 0.2) is 5.82 Å². The molecule has 0 spiro atoms. The zero-order chi connectivity index (χ0) is 17.8. The van der Waals surface area contributed by atoms with Crippen LogP contribution in [0.1, 0.15) is 5.56 Å². The molecule has 132 valence electrons. The Morgan fingerprint density at radius 2 is 1.92 bits per heavy atom. The van der Waals surface area contributed by atoms with Crippen molar-refractivity contribution in [2.75, 3.05) is 24.5 Å². The molecule has 0 saturated carbocycles. The fourth-order valence-electron chi connectivity index (χ4n) is 2.99. The molecular formula is C19H20N6O. The van der Waals surface area contributed by atoms with Gasteiger partial charge in [0, 0.05) is 38.1 Å². The summed E-state index contributed by atoms with van der Waals surface area (Å²) < 4.78 is 1.69. The van der Waals surface area contributed by atoms with Crippen molar-refractivity contribution >= 4 is 11.7 Å². The van der Waals surface area contributed by atoms with Crippen LogP contribution in [0.5, 0.6) is 0 Å². The van der Waals surface area contributed by atoms with Crippen LogP contribution in [0.15, 0.2) is 61.2 Å². The Hall–Kier alpha value is -3.22. The molecule has 1 aromatic carbocycles. The lowest BCUT2D eigenvalue weighted by molar-refractivity contribution is -0.125. The van der Waals surface area contributed by atoms with Crippen molar-refractivity contribution in [1.29, 1.82) is 0 Å². The number of anilines is 1. The first-order chi connectivity index (χ1) is 12.8. The first-order valence-corrected chi connectivity index (χ1v) is 8.68. The maximum Gasteiger partial charge on any atom is 0.226 e. The summed E-state index contributed by atoms with van der Waals surface area (Å²) in [4.78, 5) is 22.9. The maximum absolute atomic E-state index is 12.3. The summed E-state index contributed by atoms with van der Waals surface area (Å²) in [5.74, 6) is 1.65. The van der Waals surface area contributed by atoms with E-state index in [9.17, 15) is 4.79 Å². The maximum atomic E-state index is 12.3. The van der Waals surface area contributed by atoms with Crippen LogP contribution in [0.4, 0.5) is 5.82 Å². The average molecular weight is 348 g/mol. The fourth-order valence-corrected chi connectivity index (χ4v) is 2.99. The molecule has 1 amide bonds. The highest BCUT2D eigenvalue weighted by Gasteiger charge is 2.33. The standard InChI is InChI=1S/C19H20N6O/c26-19(20-9-7-15-5-2-1-3-6-15)16-12-24(13-16)17-11-18(22-14-21-17)25-10-4-8-23-25/h1-6,8,10-11,14,16H,7,9,12-13H2,(H,20,26). The lowest BCUT2D eigenvalue weighted by Gasteiger charge is -2.39. The van der Waals surface area contributed by atoms with Gasteiger partial charge in [-0.25, -0.2) is 14.6 Å². The quantitative estimate of drug-likeness (QED) is 0.730. The monoisotopic (exact) mass is 348 g/mol. The number of nitrogens with one attached hydrogen (secondary N) is 1. The van der Waals surface area contributed by atoms with Crippen molar-refractivity contribution in [2.45, 2.75) is 6.42 Å². The predicted octanol–water partition coefficient (Wildman–Crippen LogP) is 1.46. The fraction of sp³-hybridized carbons (Fsp3) is 0.263. The van der Waals surface area contributed by atoms with Crippen molar-refractivity contribution in [2.24, 2.45) is 5.92 Å². The number of amides is 1. The average Bonchev–Trinajstić information content (AvgIpc) is 3.16. The number of hydrogen-bond acceptors (Lipinski definition) is 5. The number of carbonyl (C=O) groups excluding carboxylic acids is 1. The minimum absolute atomic E-state index is 0.00823. The summed E-state index contributed by atoms with van der Waals surface area (Å²) in [6.07, 6.45) is 5.92. The predicted molar refractivity (Wildman–Crippen MR) is 98.0 cm³/mol. The second kappa shape index (κ2) is 7.35. The summed E-state index contributed by atoms with van der Waals surface area (Å²) in [5, 5.41) is 7.20. The number of benzene rings is 1. The highest BCUT2D eigenvalue weighted by atomic mass is 16.2. The summed E-state index contributed by atoms with van der Waals surface area (Å²) in [7, 11) is 0. The molecule has 1 fully saturated rings. The van der Waals surface area contributed by atoms with Gasteiger partial charge in [-0.3, -0.25) is 4.79 Å². The topological polar surface area (TPSA) is 75.9 Å². The summed E-state index contributed by atoms with van der Waals surface area (Å²) in [6.45, 7) is 2.01. The summed E-state index contributed by atoms with van der Waals surface area (Å²) in [6, 6.07) is 13.9. The molecule has 1 saturated heterocycles. The minimum Gasteiger partial charge on any atom is -0.355 e. The normalized spacial score (nSPS) is 14.1. The molecular weight excluding hydrogens is 328 g/mol. The summed E-state index contributed by atoms with van der Waals surface area (Å²) in [5.41, 5.74) is 1.23. The highest BCUT2D eigenvalue weighted by molar-refractivity contribution is 5.81. The van der Waals surface area contributed by atoms with Crippen molar-refractivity contribution in [3.8, 4) is 5.82 Å². The lowest BCUT2D eigenvalue weighted by atomic mass is 9.99. The van der Waals surface area contributed by atoms with E-state index >= 15 is 0 Å². The van der Waals surface area contributed by atoms with Crippen molar-refractivity contribution in [1.82, 2.24) is 25.1 Å². The third kappa shape index (κ3) is 3.56. The number of carbonyl (C=O) groups is 1. The van der Waals surface area contributed by atoms with Gasteiger partial charge in [0.25, 0.3) is 0 Å². The van der Waals surface area contributed by atoms with Gasteiger partial charge in [0.2, 0.25) is 5.91 Å². The molecule has 7 nitrogen and oxygen atoms in total. The van der Waals surface area contributed by atoms with Crippen LogP contribution in [0, 0.1) is 5.92 Å². The third-order valence-electron chi connectivity index (χ3n) is 4.51. The third-order valence-corrected chi connectivity index (χ3v) is 4.51. The molecule has 26 heavy (non-hydrogen) atoms. The number of aromatic nitrogens is 4. The van der Waals surface area contributed by atoms with E-state index in [1.54, 1.807) is 10.9 Å². The van der Waals surface area contributed by atoms with E-state index in [-0.39, 0.29) is 11.8 Å². The first kappa shape index (κ1) is 16.3. The van der Waals surface area contributed by atoms with Crippen LogP contribution in [-0.2, 0) is 11.2 Å². The van der Waals surface area contributed by atoms with Crippen molar-refractivity contribution in [3.05, 3.63) is 66.7 Å². The molecule has 0 unspecified atom stereocenters. The van der Waals surface area contributed by atoms with E-state index in [1.807, 2.05) is 36.5 Å². The van der Waals surface area contributed by atoms with Crippen LogP contribution >= 0.6 is 0 Å². The van der Waals surface area contributed by atoms with Crippen LogP contribution in [0.25, 0.3) is 5.82 Å². The molecule has 1 N–H and O–H groups in total. The molecule has 2 aromatic heterocycles. The van der Waals surface area contributed by atoms with Gasteiger partial charge in [0.1, 0.15) is 12.1 Å². The largest absolute Gasteiger partial charge is 0.355 e. The van der Waals surface area contributed by atoms with E-state index < -0.39 is 0 Å². The molecule has 0 atom stereocenters. The van der Waals surface area contributed by atoms with E-state index in [0.717, 1.165) is 18.1 Å². The Morgan fingerprint density at radius 1 is 1.12 bits per heavy atom. The molecule has 0 radical (unpaired) electrons. The Bertz CT molecular complexity index is 859. The molecule has 0 bridgehead atoms.